The molecule has 92 valence electrons. The number of fused-ring (bicyclic) bond motifs is 1. The minimum Gasteiger partial charge on any atom is -0.324 e. The van der Waals surface area contributed by atoms with Gasteiger partial charge in [-0.15, -0.1) is 0 Å². The summed E-state index contributed by atoms with van der Waals surface area (Å²) in [5, 5.41) is 0. The second-order valence-electron chi connectivity index (χ2n) is 4.73. The van der Waals surface area contributed by atoms with E-state index >= 15 is 0 Å². The van der Waals surface area contributed by atoms with Crippen molar-refractivity contribution >= 4 is 11.8 Å². The molecule has 0 radical (unpaired) electrons. The number of hydrogen-bond donors (Lipinski definition) is 1. The van der Waals surface area contributed by atoms with Crippen LogP contribution in [0.3, 0.4) is 0 Å². The smallest absolute Gasteiger partial charge is 0.0306 e. The summed E-state index contributed by atoms with van der Waals surface area (Å²) in [7, 11) is 0. The van der Waals surface area contributed by atoms with Crippen LogP contribution in [-0.4, -0.2) is 5.75 Å². The largest absolute Gasteiger partial charge is 0.324 e. The zero-order valence-corrected chi connectivity index (χ0v) is 11.1. The van der Waals surface area contributed by atoms with Gasteiger partial charge in [-0.25, -0.2) is 0 Å². The molecule has 1 heterocycles. The van der Waals surface area contributed by atoms with E-state index < -0.39 is 0 Å². The Morgan fingerprint density at radius 1 is 1.00 bits per heavy atom. The lowest BCUT2D eigenvalue weighted by atomic mass is 9.95. The van der Waals surface area contributed by atoms with E-state index in [0.717, 1.165) is 17.9 Å². The van der Waals surface area contributed by atoms with Crippen molar-refractivity contribution in [3.63, 3.8) is 0 Å². The van der Waals surface area contributed by atoms with Gasteiger partial charge >= 0.3 is 0 Å². The average Bonchev–Trinajstić information content (AvgIpc) is 2.62. The molecule has 0 unspecified atom stereocenters. The number of rotatable bonds is 1. The fourth-order valence-electron chi connectivity index (χ4n) is 2.43. The van der Waals surface area contributed by atoms with Gasteiger partial charge in [0.1, 0.15) is 0 Å². The highest BCUT2D eigenvalue weighted by Crippen LogP contribution is 2.32. The summed E-state index contributed by atoms with van der Waals surface area (Å²) in [6, 6.07) is 17.4. The highest BCUT2D eigenvalue weighted by Gasteiger charge is 2.15. The van der Waals surface area contributed by atoms with Crippen LogP contribution >= 0.6 is 11.8 Å². The van der Waals surface area contributed by atoms with E-state index in [0.29, 0.717) is 0 Å². The van der Waals surface area contributed by atoms with Gasteiger partial charge in [-0.05, 0) is 40.5 Å². The van der Waals surface area contributed by atoms with Crippen molar-refractivity contribution in [2.45, 2.75) is 18.2 Å². The zero-order valence-electron chi connectivity index (χ0n) is 10.3. The van der Waals surface area contributed by atoms with Gasteiger partial charge in [0, 0.05) is 11.8 Å². The Kier molecular flexibility index (Phi) is 3.39. The summed E-state index contributed by atoms with van der Waals surface area (Å²) >= 11 is 1.98. The van der Waals surface area contributed by atoms with Crippen molar-refractivity contribution in [1.82, 2.24) is 0 Å². The third kappa shape index (κ3) is 2.31. The van der Waals surface area contributed by atoms with E-state index in [4.69, 9.17) is 5.73 Å². The van der Waals surface area contributed by atoms with E-state index in [9.17, 15) is 0 Å². The van der Waals surface area contributed by atoms with Crippen LogP contribution < -0.4 is 5.73 Å². The van der Waals surface area contributed by atoms with Crippen molar-refractivity contribution in [3.8, 4) is 11.1 Å². The van der Waals surface area contributed by atoms with E-state index in [1.165, 1.54) is 22.3 Å². The maximum absolute atomic E-state index is 6.28. The topological polar surface area (TPSA) is 26.0 Å². The van der Waals surface area contributed by atoms with E-state index in [1.807, 2.05) is 11.8 Å². The zero-order chi connectivity index (χ0) is 12.4. The SMILES string of the molecule is N[C@@H]1CCSCc2ccc(-c3ccccc3)cc21. The van der Waals surface area contributed by atoms with Crippen LogP contribution in [0.4, 0.5) is 0 Å². The van der Waals surface area contributed by atoms with Crippen molar-refractivity contribution in [2.75, 3.05) is 5.75 Å². The van der Waals surface area contributed by atoms with Gasteiger partial charge in [0.2, 0.25) is 0 Å². The molecule has 1 atom stereocenters. The molecule has 2 aromatic rings. The third-order valence-corrected chi connectivity index (χ3v) is 4.52. The lowest BCUT2D eigenvalue weighted by Crippen LogP contribution is -2.11. The molecule has 0 bridgehead atoms. The molecular weight excluding hydrogens is 238 g/mol. The second kappa shape index (κ2) is 5.17. The molecule has 0 amide bonds. The van der Waals surface area contributed by atoms with Crippen molar-refractivity contribution < 1.29 is 0 Å². The maximum Gasteiger partial charge on any atom is 0.0306 e. The molecule has 0 aromatic heterocycles. The molecule has 3 rings (SSSR count). The molecule has 0 fully saturated rings. The first kappa shape index (κ1) is 11.8. The molecule has 1 aliphatic rings. The van der Waals surface area contributed by atoms with Crippen LogP contribution in [0.5, 0.6) is 0 Å². The first-order valence-electron chi connectivity index (χ1n) is 6.36. The second-order valence-corrected chi connectivity index (χ2v) is 5.83. The average molecular weight is 255 g/mol. The summed E-state index contributed by atoms with van der Waals surface area (Å²) in [4.78, 5) is 0. The van der Waals surface area contributed by atoms with E-state index in [2.05, 4.69) is 48.5 Å². The van der Waals surface area contributed by atoms with Gasteiger partial charge in [-0.3, -0.25) is 0 Å². The summed E-state index contributed by atoms with van der Waals surface area (Å²) in [6.45, 7) is 0. The van der Waals surface area contributed by atoms with Crippen LogP contribution in [0, 0.1) is 0 Å². The van der Waals surface area contributed by atoms with Crippen molar-refractivity contribution in [1.29, 1.82) is 0 Å². The fourth-order valence-corrected chi connectivity index (χ4v) is 3.48. The van der Waals surface area contributed by atoms with E-state index in [-0.39, 0.29) is 6.04 Å². The monoisotopic (exact) mass is 255 g/mol. The first-order chi connectivity index (χ1) is 8.84. The normalized spacial score (nSPS) is 19.1. The highest BCUT2D eigenvalue weighted by atomic mass is 32.2. The van der Waals surface area contributed by atoms with Crippen molar-refractivity contribution in [3.05, 3.63) is 59.7 Å². The molecule has 0 aliphatic carbocycles. The summed E-state index contributed by atoms with van der Waals surface area (Å²) in [5.74, 6) is 2.26. The first-order valence-corrected chi connectivity index (χ1v) is 7.51. The predicted molar refractivity (Wildman–Crippen MR) is 79.6 cm³/mol. The molecular formula is C16H17NS. The van der Waals surface area contributed by atoms with Crippen molar-refractivity contribution in [2.24, 2.45) is 5.73 Å². The van der Waals surface area contributed by atoms with Crippen LogP contribution in [-0.2, 0) is 5.75 Å². The standard InChI is InChI=1S/C16H17NS/c17-16-8-9-18-11-14-7-6-13(10-15(14)16)12-4-2-1-3-5-12/h1-7,10,16H,8-9,11,17H2/t16-/m1/s1. The van der Waals surface area contributed by atoms with Crippen LogP contribution in [0.1, 0.15) is 23.6 Å². The van der Waals surface area contributed by atoms with Gasteiger partial charge in [0.25, 0.3) is 0 Å². The molecule has 2 aromatic carbocycles. The lowest BCUT2D eigenvalue weighted by Gasteiger charge is -2.14. The molecule has 2 N–H and O–H groups in total. The number of benzene rings is 2. The quantitative estimate of drug-likeness (QED) is 0.833. The van der Waals surface area contributed by atoms with Gasteiger partial charge in [0.05, 0.1) is 0 Å². The Hall–Kier alpha value is -1.25. The number of nitrogens with two attached hydrogens (primary N) is 1. The molecule has 1 nitrogen and oxygen atoms in total. The summed E-state index contributed by atoms with van der Waals surface area (Å²) < 4.78 is 0. The number of hydrogen-bond acceptors (Lipinski definition) is 2. The Morgan fingerprint density at radius 2 is 1.83 bits per heavy atom. The molecule has 1 aliphatic heterocycles. The molecule has 18 heavy (non-hydrogen) atoms. The van der Waals surface area contributed by atoms with Crippen LogP contribution in [0.25, 0.3) is 11.1 Å². The lowest BCUT2D eigenvalue weighted by molar-refractivity contribution is 0.706. The van der Waals surface area contributed by atoms with Crippen LogP contribution in [0.15, 0.2) is 48.5 Å². The van der Waals surface area contributed by atoms with Gasteiger partial charge in [-0.2, -0.15) is 11.8 Å². The molecule has 0 saturated heterocycles. The third-order valence-electron chi connectivity index (χ3n) is 3.48. The fraction of sp³-hybridized carbons (Fsp3) is 0.250. The predicted octanol–water partition coefficient (Wildman–Crippen LogP) is 3.99. The van der Waals surface area contributed by atoms with Crippen LogP contribution in [0.2, 0.25) is 0 Å². The Balaban J connectivity index is 2.04. The van der Waals surface area contributed by atoms with Gasteiger partial charge < -0.3 is 5.73 Å². The Morgan fingerprint density at radius 3 is 2.67 bits per heavy atom. The maximum atomic E-state index is 6.28. The molecule has 0 saturated carbocycles. The summed E-state index contributed by atoms with van der Waals surface area (Å²) in [5.41, 5.74) is 11.6. The molecule has 2 heteroatoms. The minimum atomic E-state index is 0.193. The van der Waals surface area contributed by atoms with Gasteiger partial charge in [0.15, 0.2) is 0 Å². The number of thioether (sulfide) groups is 1. The Bertz CT molecular complexity index is 536. The van der Waals surface area contributed by atoms with Gasteiger partial charge in [-0.1, -0.05) is 42.5 Å². The summed E-state index contributed by atoms with van der Waals surface area (Å²) in [6.07, 6.45) is 1.08. The highest BCUT2D eigenvalue weighted by molar-refractivity contribution is 7.98. The molecule has 0 spiro atoms. The minimum absolute atomic E-state index is 0.193. The van der Waals surface area contributed by atoms with E-state index in [1.54, 1.807) is 0 Å². The Labute approximate surface area is 112 Å².